The van der Waals surface area contributed by atoms with Crippen LogP contribution in [0.5, 0.6) is 0 Å². The number of anilines is 2. The maximum atomic E-state index is 11.4. The Bertz CT molecular complexity index is 366. The van der Waals surface area contributed by atoms with Gasteiger partial charge in [0.1, 0.15) is 5.82 Å². The molecule has 1 aromatic rings. The molecule has 16 heavy (non-hydrogen) atoms. The molecule has 0 unspecified atom stereocenters. The molecular formula is C11H17N3O2. The zero-order valence-electron chi connectivity index (χ0n) is 9.62. The van der Waals surface area contributed by atoms with Crippen LogP contribution in [0.2, 0.25) is 0 Å². The lowest BCUT2D eigenvalue weighted by Gasteiger charge is -2.06. The summed E-state index contributed by atoms with van der Waals surface area (Å²) < 4.78 is 5.08. The molecule has 3 N–H and O–H groups in total. The molecule has 0 saturated carbocycles. The lowest BCUT2D eigenvalue weighted by molar-refractivity contribution is -0.117. The summed E-state index contributed by atoms with van der Waals surface area (Å²) in [7, 11) is 0. The van der Waals surface area contributed by atoms with Crippen LogP contribution < -0.4 is 11.1 Å². The first kappa shape index (κ1) is 12.4. The van der Waals surface area contributed by atoms with E-state index < -0.39 is 0 Å². The van der Waals surface area contributed by atoms with E-state index in [4.69, 9.17) is 10.5 Å². The minimum Gasteiger partial charge on any atom is -0.397 e. The fraction of sp³-hybridized carbons (Fsp3) is 0.455. The summed E-state index contributed by atoms with van der Waals surface area (Å²) in [6, 6.07) is 1.74. The molecule has 0 fully saturated rings. The Kier molecular flexibility index (Phi) is 4.72. The topological polar surface area (TPSA) is 77.2 Å². The SMILES string of the molecule is CCOCCC(=O)Nc1cc(C)c(N)cn1. The Morgan fingerprint density at radius 3 is 3.00 bits per heavy atom. The largest absolute Gasteiger partial charge is 0.397 e. The molecule has 1 amide bonds. The maximum Gasteiger partial charge on any atom is 0.227 e. The van der Waals surface area contributed by atoms with Crippen molar-refractivity contribution < 1.29 is 9.53 Å². The van der Waals surface area contributed by atoms with Crippen molar-refractivity contribution in [2.75, 3.05) is 24.3 Å². The van der Waals surface area contributed by atoms with Gasteiger partial charge in [0.25, 0.3) is 0 Å². The third-order valence-corrected chi connectivity index (χ3v) is 2.10. The van der Waals surface area contributed by atoms with E-state index in [1.54, 1.807) is 6.07 Å². The van der Waals surface area contributed by atoms with E-state index in [1.165, 1.54) is 6.20 Å². The first-order chi connectivity index (χ1) is 7.63. The van der Waals surface area contributed by atoms with E-state index in [0.717, 1.165) is 5.56 Å². The molecule has 5 heteroatoms. The van der Waals surface area contributed by atoms with E-state index in [1.807, 2.05) is 13.8 Å². The van der Waals surface area contributed by atoms with Gasteiger partial charge in [-0.15, -0.1) is 0 Å². The number of hydrogen-bond donors (Lipinski definition) is 2. The third kappa shape index (κ3) is 3.86. The number of nitrogens with two attached hydrogens (primary N) is 1. The second-order valence-electron chi connectivity index (χ2n) is 3.42. The summed E-state index contributed by atoms with van der Waals surface area (Å²) in [4.78, 5) is 15.4. The summed E-state index contributed by atoms with van der Waals surface area (Å²) in [5.41, 5.74) is 7.14. The number of pyridine rings is 1. The van der Waals surface area contributed by atoms with Gasteiger partial charge in [-0.25, -0.2) is 4.98 Å². The van der Waals surface area contributed by atoms with Crippen molar-refractivity contribution in [3.05, 3.63) is 17.8 Å². The number of ether oxygens (including phenoxy) is 1. The Morgan fingerprint density at radius 2 is 2.38 bits per heavy atom. The lowest BCUT2D eigenvalue weighted by Crippen LogP contribution is -2.15. The zero-order valence-corrected chi connectivity index (χ0v) is 9.62. The molecule has 0 radical (unpaired) electrons. The number of aryl methyl sites for hydroxylation is 1. The van der Waals surface area contributed by atoms with Gasteiger partial charge in [-0.1, -0.05) is 0 Å². The molecule has 5 nitrogen and oxygen atoms in total. The predicted molar refractivity (Wildman–Crippen MR) is 63.1 cm³/mol. The molecule has 0 bridgehead atoms. The van der Waals surface area contributed by atoms with Gasteiger partial charge in [0, 0.05) is 6.61 Å². The van der Waals surface area contributed by atoms with Gasteiger partial charge in [-0.2, -0.15) is 0 Å². The van der Waals surface area contributed by atoms with Gasteiger partial charge in [-0.3, -0.25) is 4.79 Å². The first-order valence-electron chi connectivity index (χ1n) is 5.23. The standard InChI is InChI=1S/C11H17N3O2/c1-3-16-5-4-11(15)14-10-6-8(2)9(12)7-13-10/h6-7H,3-5,12H2,1-2H3,(H,13,14,15). The molecule has 0 saturated heterocycles. The molecular weight excluding hydrogens is 206 g/mol. The van der Waals surface area contributed by atoms with Crippen molar-refractivity contribution in [1.29, 1.82) is 0 Å². The van der Waals surface area contributed by atoms with Crippen molar-refractivity contribution in [2.45, 2.75) is 20.3 Å². The number of hydrogen-bond acceptors (Lipinski definition) is 4. The summed E-state index contributed by atoms with van der Waals surface area (Å²) >= 11 is 0. The van der Waals surface area contributed by atoms with Gasteiger partial charge >= 0.3 is 0 Å². The highest BCUT2D eigenvalue weighted by atomic mass is 16.5. The normalized spacial score (nSPS) is 10.1. The van der Waals surface area contributed by atoms with Crippen LogP contribution in [0.3, 0.4) is 0 Å². The quantitative estimate of drug-likeness (QED) is 0.738. The highest BCUT2D eigenvalue weighted by Gasteiger charge is 2.04. The van der Waals surface area contributed by atoms with Crippen molar-refractivity contribution in [3.63, 3.8) is 0 Å². The average molecular weight is 223 g/mol. The summed E-state index contributed by atoms with van der Waals surface area (Å²) in [5.74, 6) is 0.415. The molecule has 0 aliphatic rings. The number of carbonyl (C=O) groups is 1. The molecule has 88 valence electrons. The monoisotopic (exact) mass is 223 g/mol. The summed E-state index contributed by atoms with van der Waals surface area (Å²) in [6.45, 7) is 4.80. The Hall–Kier alpha value is -1.62. The minimum absolute atomic E-state index is 0.106. The molecule has 1 rings (SSSR count). The van der Waals surface area contributed by atoms with Crippen molar-refractivity contribution in [3.8, 4) is 0 Å². The smallest absolute Gasteiger partial charge is 0.227 e. The van der Waals surface area contributed by atoms with Gasteiger partial charge in [0.2, 0.25) is 5.91 Å². The van der Waals surface area contributed by atoms with E-state index in [0.29, 0.717) is 31.1 Å². The highest BCUT2D eigenvalue weighted by Crippen LogP contribution is 2.13. The number of carbonyl (C=O) groups excluding carboxylic acids is 1. The predicted octanol–water partition coefficient (Wildman–Crippen LogP) is 1.34. The number of amides is 1. The van der Waals surface area contributed by atoms with Crippen LogP contribution in [0.15, 0.2) is 12.3 Å². The lowest BCUT2D eigenvalue weighted by atomic mass is 10.2. The van der Waals surface area contributed by atoms with Gasteiger partial charge < -0.3 is 15.8 Å². The maximum absolute atomic E-state index is 11.4. The minimum atomic E-state index is -0.106. The molecule has 0 aliphatic heterocycles. The van der Waals surface area contributed by atoms with Gasteiger partial charge in [0.05, 0.1) is 24.9 Å². The van der Waals surface area contributed by atoms with Crippen molar-refractivity contribution in [1.82, 2.24) is 4.98 Å². The van der Waals surface area contributed by atoms with E-state index >= 15 is 0 Å². The second-order valence-corrected chi connectivity index (χ2v) is 3.42. The average Bonchev–Trinajstić information content (AvgIpc) is 2.24. The van der Waals surface area contributed by atoms with Crippen LogP contribution in [0, 0.1) is 6.92 Å². The van der Waals surface area contributed by atoms with Gasteiger partial charge in [0.15, 0.2) is 0 Å². The van der Waals surface area contributed by atoms with Crippen LogP contribution in [0.1, 0.15) is 18.9 Å². The molecule has 0 aromatic carbocycles. The number of rotatable bonds is 5. The fourth-order valence-corrected chi connectivity index (χ4v) is 1.15. The van der Waals surface area contributed by atoms with Crippen LogP contribution >= 0.6 is 0 Å². The van der Waals surface area contributed by atoms with Crippen molar-refractivity contribution >= 4 is 17.4 Å². The molecule has 1 aromatic heterocycles. The molecule has 1 heterocycles. The van der Waals surface area contributed by atoms with E-state index in [2.05, 4.69) is 10.3 Å². The number of nitrogens with one attached hydrogen (secondary N) is 1. The third-order valence-electron chi connectivity index (χ3n) is 2.10. The van der Waals surface area contributed by atoms with E-state index in [9.17, 15) is 4.79 Å². The second kappa shape index (κ2) is 6.07. The zero-order chi connectivity index (χ0) is 12.0. The number of nitrogens with zero attached hydrogens (tertiary/aromatic N) is 1. The van der Waals surface area contributed by atoms with Crippen LogP contribution in [-0.2, 0) is 9.53 Å². The fourth-order valence-electron chi connectivity index (χ4n) is 1.15. The van der Waals surface area contributed by atoms with E-state index in [-0.39, 0.29) is 5.91 Å². The Morgan fingerprint density at radius 1 is 1.62 bits per heavy atom. The van der Waals surface area contributed by atoms with Crippen LogP contribution in [0.4, 0.5) is 11.5 Å². The first-order valence-corrected chi connectivity index (χ1v) is 5.23. The van der Waals surface area contributed by atoms with Gasteiger partial charge in [-0.05, 0) is 25.5 Å². The summed E-state index contributed by atoms with van der Waals surface area (Å²) in [5, 5.41) is 2.68. The molecule has 0 atom stereocenters. The number of aromatic nitrogens is 1. The van der Waals surface area contributed by atoms with Crippen LogP contribution in [-0.4, -0.2) is 24.1 Å². The van der Waals surface area contributed by atoms with Crippen molar-refractivity contribution in [2.24, 2.45) is 0 Å². The number of nitrogen functional groups attached to an aromatic ring is 1. The Labute approximate surface area is 95.0 Å². The molecule has 0 aliphatic carbocycles. The summed E-state index contributed by atoms with van der Waals surface area (Å²) in [6.07, 6.45) is 1.87. The Balaban J connectivity index is 2.46. The highest BCUT2D eigenvalue weighted by molar-refractivity contribution is 5.90. The van der Waals surface area contributed by atoms with Crippen LogP contribution in [0.25, 0.3) is 0 Å². The molecule has 0 spiro atoms.